The molecule has 1 saturated carbocycles. The van der Waals surface area contributed by atoms with Gasteiger partial charge in [-0.25, -0.2) is 0 Å². The predicted molar refractivity (Wildman–Crippen MR) is 76.2 cm³/mol. The Morgan fingerprint density at radius 3 is 3.00 bits per heavy atom. The van der Waals surface area contributed by atoms with Crippen LogP contribution in [0.4, 0.5) is 5.69 Å². The Kier molecular flexibility index (Phi) is 3.50. The lowest BCUT2D eigenvalue weighted by atomic mass is 10.1. The average Bonchev–Trinajstić information content (AvgIpc) is 2.86. The summed E-state index contributed by atoms with van der Waals surface area (Å²) in [6, 6.07) is 6.22. The number of morpholine rings is 1. The summed E-state index contributed by atoms with van der Waals surface area (Å²) >= 11 is 6.21. The van der Waals surface area contributed by atoms with Crippen molar-refractivity contribution < 1.29 is 9.53 Å². The van der Waals surface area contributed by atoms with E-state index in [4.69, 9.17) is 16.3 Å². The van der Waals surface area contributed by atoms with E-state index < -0.39 is 0 Å². The van der Waals surface area contributed by atoms with Crippen molar-refractivity contribution in [2.24, 2.45) is 0 Å². The zero-order valence-corrected chi connectivity index (χ0v) is 11.8. The summed E-state index contributed by atoms with van der Waals surface area (Å²) in [5.41, 5.74) is 1.71. The molecule has 1 aromatic rings. The summed E-state index contributed by atoms with van der Waals surface area (Å²) in [5.74, 6) is 0.0114. The van der Waals surface area contributed by atoms with Crippen LogP contribution in [0.5, 0.6) is 0 Å². The lowest BCUT2D eigenvalue weighted by molar-refractivity contribution is 0.0256. The summed E-state index contributed by atoms with van der Waals surface area (Å²) in [6.07, 6.45) is 3.92. The number of carbonyl (C=O) groups is 1. The van der Waals surface area contributed by atoms with Gasteiger partial charge in [-0.05, 0) is 44.4 Å². The molecular formula is C15H18ClNO2. The molecule has 102 valence electrons. The molecule has 1 aromatic carbocycles. The molecule has 0 bridgehead atoms. The minimum atomic E-state index is 0.0114. The molecule has 2 atom stereocenters. The van der Waals surface area contributed by atoms with Gasteiger partial charge in [0.1, 0.15) is 0 Å². The van der Waals surface area contributed by atoms with Crippen LogP contribution in [0, 0.1) is 0 Å². The van der Waals surface area contributed by atoms with E-state index in [1.165, 1.54) is 12.8 Å². The molecule has 2 unspecified atom stereocenters. The molecule has 0 radical (unpaired) electrons. The summed E-state index contributed by atoms with van der Waals surface area (Å²) in [5, 5.41) is 0.547. The highest BCUT2D eigenvalue weighted by Crippen LogP contribution is 2.34. The third-order valence-corrected chi connectivity index (χ3v) is 4.46. The summed E-state index contributed by atoms with van der Waals surface area (Å²) in [4.78, 5) is 13.8. The number of Topliss-reactive ketones (excluding diaryl/α,β-unsaturated/α-hetero) is 1. The first kappa shape index (κ1) is 12.9. The van der Waals surface area contributed by atoms with Crippen LogP contribution in [0.1, 0.15) is 36.5 Å². The second kappa shape index (κ2) is 5.14. The van der Waals surface area contributed by atoms with E-state index in [1.807, 2.05) is 18.2 Å². The van der Waals surface area contributed by atoms with Crippen LogP contribution < -0.4 is 4.90 Å². The molecule has 0 spiro atoms. The maximum absolute atomic E-state index is 11.4. The van der Waals surface area contributed by atoms with E-state index in [2.05, 4.69) is 4.90 Å². The molecule has 19 heavy (non-hydrogen) atoms. The Morgan fingerprint density at radius 1 is 1.42 bits per heavy atom. The zero-order valence-electron chi connectivity index (χ0n) is 11.1. The number of halogens is 1. The quantitative estimate of drug-likeness (QED) is 0.778. The number of ketones is 1. The van der Waals surface area contributed by atoms with Crippen molar-refractivity contribution in [3.8, 4) is 0 Å². The van der Waals surface area contributed by atoms with Gasteiger partial charge in [0.2, 0.25) is 0 Å². The number of nitrogens with zero attached hydrogens (tertiary/aromatic N) is 1. The molecule has 0 amide bonds. The Morgan fingerprint density at radius 2 is 2.26 bits per heavy atom. The fraction of sp³-hybridized carbons (Fsp3) is 0.533. The minimum absolute atomic E-state index is 0.0114. The molecule has 3 rings (SSSR count). The third-order valence-electron chi connectivity index (χ3n) is 4.15. The van der Waals surface area contributed by atoms with Crippen LogP contribution in [0.25, 0.3) is 0 Å². The maximum Gasteiger partial charge on any atom is 0.161 e. The van der Waals surface area contributed by atoms with E-state index in [1.54, 1.807) is 6.92 Å². The molecule has 1 aliphatic heterocycles. The first-order chi connectivity index (χ1) is 9.16. The van der Waals surface area contributed by atoms with Crippen LogP contribution >= 0.6 is 11.6 Å². The highest BCUT2D eigenvalue weighted by atomic mass is 35.5. The summed E-state index contributed by atoms with van der Waals surface area (Å²) in [6.45, 7) is 3.22. The van der Waals surface area contributed by atoms with Gasteiger partial charge in [-0.1, -0.05) is 11.6 Å². The maximum atomic E-state index is 11.4. The van der Waals surface area contributed by atoms with Gasteiger partial charge >= 0.3 is 0 Å². The molecule has 3 nitrogen and oxygen atoms in total. The van der Waals surface area contributed by atoms with Gasteiger partial charge in [-0.2, -0.15) is 0 Å². The topological polar surface area (TPSA) is 29.5 Å². The Hall–Kier alpha value is -1.06. The van der Waals surface area contributed by atoms with E-state index in [0.717, 1.165) is 25.3 Å². The number of hydrogen-bond acceptors (Lipinski definition) is 3. The van der Waals surface area contributed by atoms with Crippen LogP contribution in [-0.4, -0.2) is 31.1 Å². The first-order valence-corrected chi connectivity index (χ1v) is 7.23. The number of anilines is 1. The zero-order chi connectivity index (χ0) is 13.4. The average molecular weight is 280 g/mol. The van der Waals surface area contributed by atoms with Crippen molar-refractivity contribution in [3.63, 3.8) is 0 Å². The number of fused-ring (bicyclic) bond motifs is 1. The van der Waals surface area contributed by atoms with Crippen molar-refractivity contribution in [3.05, 3.63) is 28.8 Å². The van der Waals surface area contributed by atoms with Crippen molar-refractivity contribution in [2.45, 2.75) is 38.3 Å². The molecule has 1 saturated heterocycles. The lowest BCUT2D eigenvalue weighted by Gasteiger charge is -2.39. The lowest BCUT2D eigenvalue weighted by Crippen LogP contribution is -2.48. The summed E-state index contributed by atoms with van der Waals surface area (Å²) in [7, 11) is 0. The van der Waals surface area contributed by atoms with Gasteiger partial charge < -0.3 is 9.64 Å². The van der Waals surface area contributed by atoms with E-state index >= 15 is 0 Å². The molecule has 2 fully saturated rings. The van der Waals surface area contributed by atoms with Crippen molar-refractivity contribution >= 4 is 23.1 Å². The monoisotopic (exact) mass is 279 g/mol. The fourth-order valence-corrected chi connectivity index (χ4v) is 3.52. The van der Waals surface area contributed by atoms with Gasteiger partial charge in [0.25, 0.3) is 0 Å². The Balaban J connectivity index is 1.89. The summed E-state index contributed by atoms with van der Waals surface area (Å²) < 4.78 is 5.82. The number of carbonyl (C=O) groups excluding carboxylic acids is 1. The van der Waals surface area contributed by atoms with E-state index in [-0.39, 0.29) is 5.78 Å². The smallest absolute Gasteiger partial charge is 0.161 e. The van der Waals surface area contributed by atoms with Gasteiger partial charge in [0.15, 0.2) is 5.78 Å². The second-order valence-electron chi connectivity index (χ2n) is 5.32. The number of benzene rings is 1. The van der Waals surface area contributed by atoms with Crippen LogP contribution in [-0.2, 0) is 4.74 Å². The number of rotatable bonds is 2. The number of ether oxygens (including phenoxy) is 1. The highest BCUT2D eigenvalue weighted by Gasteiger charge is 2.36. The Bertz CT molecular complexity index is 503. The third kappa shape index (κ3) is 2.37. The predicted octanol–water partition coefficient (Wildman–Crippen LogP) is 3.30. The van der Waals surface area contributed by atoms with Crippen molar-refractivity contribution in [1.82, 2.24) is 0 Å². The molecule has 0 aromatic heterocycles. The van der Waals surface area contributed by atoms with Crippen molar-refractivity contribution in [2.75, 3.05) is 18.1 Å². The van der Waals surface area contributed by atoms with Gasteiger partial charge in [-0.3, -0.25) is 4.79 Å². The van der Waals surface area contributed by atoms with E-state index in [9.17, 15) is 4.79 Å². The first-order valence-electron chi connectivity index (χ1n) is 6.85. The van der Waals surface area contributed by atoms with Crippen LogP contribution in [0.15, 0.2) is 18.2 Å². The molecule has 4 heteroatoms. The van der Waals surface area contributed by atoms with Crippen molar-refractivity contribution in [1.29, 1.82) is 0 Å². The minimum Gasteiger partial charge on any atom is -0.374 e. The molecule has 2 aliphatic rings. The fourth-order valence-electron chi connectivity index (χ4n) is 3.21. The largest absolute Gasteiger partial charge is 0.374 e. The molecule has 1 aliphatic carbocycles. The SMILES string of the molecule is CC(=O)c1ccc(N2CCOC3CCCC32)cc1Cl. The molecular weight excluding hydrogens is 262 g/mol. The normalized spacial score (nSPS) is 26.3. The number of hydrogen-bond donors (Lipinski definition) is 0. The Labute approximate surface area is 118 Å². The van der Waals surface area contributed by atoms with Crippen LogP contribution in [0.2, 0.25) is 5.02 Å². The van der Waals surface area contributed by atoms with E-state index in [0.29, 0.717) is 22.7 Å². The van der Waals surface area contributed by atoms with Gasteiger partial charge in [-0.15, -0.1) is 0 Å². The highest BCUT2D eigenvalue weighted by molar-refractivity contribution is 6.34. The van der Waals surface area contributed by atoms with Crippen LogP contribution in [0.3, 0.4) is 0 Å². The van der Waals surface area contributed by atoms with Gasteiger partial charge in [0.05, 0.1) is 23.8 Å². The molecule has 0 N–H and O–H groups in total. The second-order valence-corrected chi connectivity index (χ2v) is 5.73. The standard InChI is InChI=1S/C15H18ClNO2/c1-10(18)12-6-5-11(9-13(12)16)17-7-8-19-15-4-2-3-14(15)17/h5-6,9,14-15H,2-4,7-8H2,1H3. The molecule has 1 heterocycles. The van der Waals surface area contributed by atoms with Gasteiger partial charge in [0, 0.05) is 17.8 Å².